The molecule has 1 aliphatic rings. The van der Waals surface area contributed by atoms with Crippen molar-refractivity contribution >= 4 is 38.1 Å². The molecule has 9 heteroatoms. The molecular weight excluding hydrogens is 410 g/mol. The van der Waals surface area contributed by atoms with E-state index in [1.54, 1.807) is 29.5 Å². The Labute approximate surface area is 173 Å². The number of fused-ring (bicyclic) bond motifs is 1. The van der Waals surface area contributed by atoms with E-state index in [9.17, 15) is 13.2 Å². The van der Waals surface area contributed by atoms with Crippen molar-refractivity contribution in [1.29, 1.82) is 0 Å². The van der Waals surface area contributed by atoms with Crippen molar-refractivity contribution in [1.82, 2.24) is 4.98 Å². The van der Waals surface area contributed by atoms with Gasteiger partial charge in [-0.25, -0.2) is 13.4 Å². The summed E-state index contributed by atoms with van der Waals surface area (Å²) in [7, 11) is -1.89. The van der Waals surface area contributed by atoms with Crippen LogP contribution in [-0.4, -0.2) is 33.0 Å². The molecule has 1 aliphatic heterocycles. The van der Waals surface area contributed by atoms with Gasteiger partial charge in [-0.15, -0.1) is 11.3 Å². The molecule has 29 heavy (non-hydrogen) atoms. The number of benzene rings is 2. The molecule has 2 heterocycles. The topological polar surface area (TPSA) is 88.6 Å². The van der Waals surface area contributed by atoms with Crippen LogP contribution in [0.2, 0.25) is 0 Å². The van der Waals surface area contributed by atoms with Crippen LogP contribution in [0.15, 0.2) is 47.8 Å². The maximum Gasteiger partial charge on any atom is 0.264 e. The first-order chi connectivity index (χ1) is 13.8. The van der Waals surface area contributed by atoms with Gasteiger partial charge in [0.2, 0.25) is 10.0 Å². The molecule has 0 atom stereocenters. The Morgan fingerprint density at radius 2 is 2.03 bits per heavy atom. The van der Waals surface area contributed by atoms with Gasteiger partial charge in [0.25, 0.3) is 5.91 Å². The highest BCUT2D eigenvalue weighted by atomic mass is 32.2. The number of anilines is 2. The molecule has 0 saturated heterocycles. The summed E-state index contributed by atoms with van der Waals surface area (Å²) in [6.07, 6.45) is 0. The number of sulfonamides is 1. The fourth-order valence-electron chi connectivity index (χ4n) is 3.03. The van der Waals surface area contributed by atoms with Crippen molar-refractivity contribution in [3.8, 4) is 17.0 Å². The highest BCUT2D eigenvalue weighted by molar-refractivity contribution is 7.92. The molecule has 150 valence electrons. The molecule has 0 bridgehead atoms. The SMILES string of the molecule is Cc1ccccc1CS(=O)(=O)Nc1nc(-c2ccc3c(c2)N(C)C(=O)CO3)cs1. The van der Waals surface area contributed by atoms with E-state index in [-0.39, 0.29) is 18.3 Å². The van der Waals surface area contributed by atoms with Gasteiger partial charge in [-0.1, -0.05) is 24.3 Å². The fraction of sp³-hybridized carbons (Fsp3) is 0.200. The van der Waals surface area contributed by atoms with E-state index in [4.69, 9.17) is 4.74 Å². The first-order valence-electron chi connectivity index (χ1n) is 8.87. The molecule has 0 saturated carbocycles. The molecule has 0 aliphatic carbocycles. The lowest BCUT2D eigenvalue weighted by Gasteiger charge is -2.26. The number of hydrogen-bond acceptors (Lipinski definition) is 6. The number of amides is 1. The van der Waals surface area contributed by atoms with Crippen LogP contribution in [0.1, 0.15) is 11.1 Å². The Hall–Kier alpha value is -2.91. The lowest BCUT2D eigenvalue weighted by molar-refractivity contribution is -0.120. The summed E-state index contributed by atoms with van der Waals surface area (Å²) >= 11 is 1.21. The van der Waals surface area contributed by atoms with Gasteiger partial charge in [-0.3, -0.25) is 9.52 Å². The van der Waals surface area contributed by atoms with Crippen molar-refractivity contribution in [2.45, 2.75) is 12.7 Å². The van der Waals surface area contributed by atoms with E-state index in [0.29, 0.717) is 22.3 Å². The molecule has 3 aromatic rings. The largest absolute Gasteiger partial charge is 0.482 e. The maximum absolute atomic E-state index is 12.5. The van der Waals surface area contributed by atoms with E-state index in [2.05, 4.69) is 9.71 Å². The minimum absolute atomic E-state index is 0.0202. The fourth-order valence-corrected chi connectivity index (χ4v) is 5.28. The van der Waals surface area contributed by atoms with Gasteiger partial charge in [-0.05, 0) is 36.2 Å². The number of rotatable bonds is 5. The average molecular weight is 430 g/mol. The summed E-state index contributed by atoms with van der Waals surface area (Å²) in [6, 6.07) is 12.8. The Balaban J connectivity index is 1.55. The van der Waals surface area contributed by atoms with E-state index in [1.165, 1.54) is 11.3 Å². The third-order valence-electron chi connectivity index (χ3n) is 4.70. The first-order valence-corrected chi connectivity index (χ1v) is 11.4. The standard InChI is InChI=1S/C20H19N3O4S2/c1-13-5-3-4-6-15(13)12-29(25,26)22-20-21-16(11-28-20)14-7-8-18-17(9-14)23(2)19(24)10-27-18/h3-9,11H,10,12H2,1-2H3,(H,21,22). The maximum atomic E-state index is 12.5. The normalized spacial score (nSPS) is 13.7. The quantitative estimate of drug-likeness (QED) is 0.671. The Kier molecular flexibility index (Phi) is 5.01. The Bertz CT molecular complexity index is 1190. The van der Waals surface area contributed by atoms with E-state index < -0.39 is 10.0 Å². The highest BCUT2D eigenvalue weighted by Gasteiger charge is 2.23. The predicted molar refractivity (Wildman–Crippen MR) is 114 cm³/mol. The van der Waals surface area contributed by atoms with Crippen molar-refractivity contribution in [2.24, 2.45) is 0 Å². The van der Waals surface area contributed by atoms with Crippen LogP contribution in [0, 0.1) is 6.92 Å². The predicted octanol–water partition coefficient (Wildman–Crippen LogP) is 3.42. The van der Waals surface area contributed by atoms with Crippen molar-refractivity contribution < 1.29 is 17.9 Å². The van der Waals surface area contributed by atoms with Gasteiger partial charge in [0.05, 0.1) is 17.1 Å². The van der Waals surface area contributed by atoms with Crippen molar-refractivity contribution in [3.63, 3.8) is 0 Å². The van der Waals surface area contributed by atoms with Gasteiger partial charge >= 0.3 is 0 Å². The highest BCUT2D eigenvalue weighted by Crippen LogP contribution is 2.36. The zero-order chi connectivity index (χ0) is 20.6. The van der Waals surface area contributed by atoms with Gasteiger partial charge in [-0.2, -0.15) is 0 Å². The summed E-state index contributed by atoms with van der Waals surface area (Å²) in [4.78, 5) is 17.8. The molecular formula is C20H19N3O4S2. The summed E-state index contributed by atoms with van der Waals surface area (Å²) < 4.78 is 33.1. The summed E-state index contributed by atoms with van der Waals surface area (Å²) in [5.41, 5.74) is 3.73. The van der Waals surface area contributed by atoms with Crippen LogP contribution in [0.25, 0.3) is 11.3 Å². The lowest BCUT2D eigenvalue weighted by Crippen LogP contribution is -2.35. The third-order valence-corrected chi connectivity index (χ3v) is 6.78. The summed E-state index contributed by atoms with van der Waals surface area (Å²) in [5.74, 6) is 0.389. The number of hydrogen-bond donors (Lipinski definition) is 1. The molecule has 0 radical (unpaired) electrons. The number of nitrogens with one attached hydrogen (secondary N) is 1. The molecule has 0 unspecified atom stereocenters. The van der Waals surface area contributed by atoms with Crippen molar-refractivity contribution in [2.75, 3.05) is 23.3 Å². The van der Waals surface area contributed by atoms with Crippen LogP contribution in [0.5, 0.6) is 5.75 Å². The smallest absolute Gasteiger partial charge is 0.264 e. The average Bonchev–Trinajstić information content (AvgIpc) is 3.14. The Morgan fingerprint density at radius 3 is 2.83 bits per heavy atom. The van der Waals surface area contributed by atoms with Gasteiger partial charge in [0.15, 0.2) is 11.7 Å². The molecule has 4 rings (SSSR count). The number of likely N-dealkylation sites (N-methyl/N-ethyl adjacent to an activating group) is 1. The van der Waals surface area contributed by atoms with Gasteiger partial charge in [0.1, 0.15) is 5.75 Å². The minimum Gasteiger partial charge on any atom is -0.482 e. The van der Waals surface area contributed by atoms with Gasteiger partial charge < -0.3 is 9.64 Å². The van der Waals surface area contributed by atoms with Crippen LogP contribution >= 0.6 is 11.3 Å². The molecule has 1 N–H and O–H groups in total. The van der Waals surface area contributed by atoms with E-state index in [1.807, 2.05) is 37.3 Å². The minimum atomic E-state index is -3.58. The number of nitrogens with zero attached hydrogens (tertiary/aromatic N) is 2. The number of ether oxygens (including phenoxy) is 1. The lowest BCUT2D eigenvalue weighted by atomic mass is 10.1. The third kappa shape index (κ3) is 4.10. The molecule has 0 fully saturated rings. The second-order valence-corrected chi connectivity index (χ2v) is 9.33. The molecule has 2 aromatic carbocycles. The summed E-state index contributed by atoms with van der Waals surface area (Å²) in [5, 5.41) is 2.07. The molecule has 1 amide bonds. The van der Waals surface area contributed by atoms with E-state index >= 15 is 0 Å². The molecule has 1 aromatic heterocycles. The van der Waals surface area contributed by atoms with Crippen LogP contribution in [0.4, 0.5) is 10.8 Å². The van der Waals surface area contributed by atoms with E-state index in [0.717, 1.165) is 16.7 Å². The second-order valence-electron chi connectivity index (χ2n) is 6.75. The zero-order valence-electron chi connectivity index (χ0n) is 15.9. The van der Waals surface area contributed by atoms with Crippen LogP contribution in [-0.2, 0) is 20.6 Å². The number of thiazole rings is 1. The Morgan fingerprint density at radius 1 is 1.24 bits per heavy atom. The molecule has 7 nitrogen and oxygen atoms in total. The van der Waals surface area contributed by atoms with Crippen molar-refractivity contribution in [3.05, 3.63) is 59.0 Å². The number of aromatic nitrogens is 1. The second kappa shape index (κ2) is 7.49. The monoisotopic (exact) mass is 429 g/mol. The zero-order valence-corrected chi connectivity index (χ0v) is 17.5. The molecule has 0 spiro atoms. The summed E-state index contributed by atoms with van der Waals surface area (Å²) in [6.45, 7) is 1.90. The number of carbonyl (C=O) groups excluding carboxylic acids is 1. The van der Waals surface area contributed by atoms with Crippen LogP contribution in [0.3, 0.4) is 0 Å². The van der Waals surface area contributed by atoms with Gasteiger partial charge in [0, 0.05) is 18.0 Å². The number of carbonyl (C=O) groups is 1. The van der Waals surface area contributed by atoms with Crippen LogP contribution < -0.4 is 14.4 Å². The number of aryl methyl sites for hydroxylation is 1. The first kappa shape index (κ1) is 19.4.